The highest BCUT2D eigenvalue weighted by Gasteiger charge is 2.47. The summed E-state index contributed by atoms with van der Waals surface area (Å²) in [6.07, 6.45) is 0. The van der Waals surface area contributed by atoms with E-state index in [1.165, 1.54) is 31.3 Å². The first-order valence-corrected chi connectivity index (χ1v) is 11.7. The van der Waals surface area contributed by atoms with Gasteiger partial charge in [0.2, 0.25) is 0 Å². The molecule has 1 unspecified atom stereocenters. The number of aliphatic hydroxyl groups excluding tert-OH is 1. The van der Waals surface area contributed by atoms with Crippen LogP contribution in [0.4, 0.5) is 5.69 Å². The summed E-state index contributed by atoms with van der Waals surface area (Å²) >= 11 is 6.24. The Bertz CT molecular complexity index is 1370. The molecule has 1 saturated heterocycles. The summed E-state index contributed by atoms with van der Waals surface area (Å²) in [5.74, 6) is -0.896. The largest absolute Gasteiger partial charge is 0.507 e. The molecule has 3 aromatic carbocycles. The van der Waals surface area contributed by atoms with Crippen molar-refractivity contribution in [1.82, 2.24) is 0 Å². The molecule has 3 aromatic rings. The maximum atomic E-state index is 13.5. The number of hydrogen-bond acceptors (Lipinski definition) is 6. The van der Waals surface area contributed by atoms with E-state index in [0.717, 1.165) is 5.56 Å². The van der Waals surface area contributed by atoms with E-state index in [2.05, 4.69) is 0 Å². The lowest BCUT2D eigenvalue weighted by Gasteiger charge is -2.26. The van der Waals surface area contributed by atoms with Crippen molar-refractivity contribution in [3.8, 4) is 17.2 Å². The normalized spacial score (nSPS) is 16.8. The average Bonchev–Trinajstić information content (AvgIpc) is 3.14. The number of anilines is 1. The zero-order valence-electron chi connectivity index (χ0n) is 20.4. The van der Waals surface area contributed by atoms with E-state index in [1.807, 2.05) is 32.0 Å². The Hall–Kier alpha value is -3.97. The Morgan fingerprint density at radius 1 is 1.00 bits per heavy atom. The van der Waals surface area contributed by atoms with Crippen LogP contribution in [0.1, 0.15) is 29.7 Å². The van der Waals surface area contributed by atoms with Crippen molar-refractivity contribution in [3.05, 3.63) is 87.9 Å². The van der Waals surface area contributed by atoms with E-state index in [0.29, 0.717) is 23.6 Å². The Balaban J connectivity index is 2.00. The molecule has 0 bridgehead atoms. The number of rotatable bonds is 7. The number of carbonyl (C=O) groups is 2. The molecule has 1 fully saturated rings. The first-order chi connectivity index (χ1) is 17.3. The van der Waals surface area contributed by atoms with E-state index < -0.39 is 23.5 Å². The van der Waals surface area contributed by atoms with Gasteiger partial charge >= 0.3 is 0 Å². The van der Waals surface area contributed by atoms with Crippen LogP contribution in [0, 0.1) is 6.92 Å². The topological polar surface area (TPSA) is 85.3 Å². The van der Waals surface area contributed by atoms with E-state index in [-0.39, 0.29) is 27.7 Å². The maximum Gasteiger partial charge on any atom is 0.300 e. The minimum absolute atomic E-state index is 0.0853. The quantitative estimate of drug-likeness (QED) is 0.251. The minimum atomic E-state index is -0.918. The Kier molecular flexibility index (Phi) is 7.22. The molecule has 1 atom stereocenters. The minimum Gasteiger partial charge on any atom is -0.507 e. The number of hydrogen-bond donors (Lipinski definition) is 1. The maximum absolute atomic E-state index is 13.5. The Morgan fingerprint density at radius 3 is 2.39 bits per heavy atom. The third kappa shape index (κ3) is 4.50. The van der Waals surface area contributed by atoms with Crippen LogP contribution in [0.5, 0.6) is 17.2 Å². The molecule has 36 heavy (non-hydrogen) atoms. The third-order valence-corrected chi connectivity index (χ3v) is 6.23. The molecule has 8 heteroatoms. The van der Waals surface area contributed by atoms with Crippen molar-refractivity contribution < 1.29 is 28.9 Å². The van der Waals surface area contributed by atoms with Crippen molar-refractivity contribution in [2.75, 3.05) is 25.7 Å². The van der Waals surface area contributed by atoms with Crippen molar-refractivity contribution in [1.29, 1.82) is 0 Å². The van der Waals surface area contributed by atoms with E-state index in [4.69, 9.17) is 25.8 Å². The molecule has 7 nitrogen and oxygen atoms in total. The molecule has 1 N–H and O–H groups in total. The highest BCUT2D eigenvalue weighted by atomic mass is 35.5. The fourth-order valence-corrected chi connectivity index (χ4v) is 4.55. The summed E-state index contributed by atoms with van der Waals surface area (Å²) in [6, 6.07) is 16.4. The molecule has 0 saturated carbocycles. The number of Topliss-reactive ketones (excluding diaryl/α,β-unsaturated/α-hetero) is 1. The van der Waals surface area contributed by atoms with Crippen LogP contribution < -0.4 is 19.1 Å². The van der Waals surface area contributed by atoms with Crippen LogP contribution >= 0.6 is 11.6 Å². The van der Waals surface area contributed by atoms with Crippen LogP contribution in [-0.4, -0.2) is 37.6 Å². The third-order valence-electron chi connectivity index (χ3n) is 5.94. The standard InChI is InChI=1S/C28H26ClNO6/c1-5-36-19-11-7-9-17(13-19)25-24(26(31)20-14-23(35-4)21(29)15-22(20)34-3)27(32)28(33)30(25)18-10-6-8-16(2)12-18/h6-15,25,31H,5H2,1-4H3/b26-24+. The van der Waals surface area contributed by atoms with Gasteiger partial charge in [0, 0.05) is 11.8 Å². The second-order valence-corrected chi connectivity index (χ2v) is 8.61. The lowest BCUT2D eigenvalue weighted by atomic mass is 9.94. The van der Waals surface area contributed by atoms with E-state index in [9.17, 15) is 14.7 Å². The molecule has 0 aromatic heterocycles. The number of amides is 1. The van der Waals surface area contributed by atoms with Crippen molar-refractivity contribution >= 4 is 34.7 Å². The van der Waals surface area contributed by atoms with Gasteiger partial charge < -0.3 is 19.3 Å². The van der Waals surface area contributed by atoms with Gasteiger partial charge in [0.15, 0.2) is 0 Å². The fraction of sp³-hybridized carbons (Fsp3) is 0.214. The predicted octanol–water partition coefficient (Wildman–Crippen LogP) is 5.69. The molecule has 1 amide bonds. The molecule has 0 spiro atoms. The Morgan fingerprint density at radius 2 is 1.72 bits per heavy atom. The van der Waals surface area contributed by atoms with Crippen LogP contribution in [0.25, 0.3) is 5.76 Å². The van der Waals surface area contributed by atoms with Crippen molar-refractivity contribution in [3.63, 3.8) is 0 Å². The molecule has 4 rings (SSSR count). The van der Waals surface area contributed by atoms with Crippen LogP contribution in [0.3, 0.4) is 0 Å². The molecule has 186 valence electrons. The number of aliphatic hydroxyl groups is 1. The summed E-state index contributed by atoms with van der Waals surface area (Å²) in [4.78, 5) is 28.3. The Labute approximate surface area is 214 Å². The number of methoxy groups -OCH3 is 2. The summed E-state index contributed by atoms with van der Waals surface area (Å²) < 4.78 is 16.4. The van der Waals surface area contributed by atoms with Gasteiger partial charge in [0.1, 0.15) is 23.0 Å². The summed E-state index contributed by atoms with van der Waals surface area (Å²) in [7, 11) is 2.86. The van der Waals surface area contributed by atoms with Gasteiger partial charge in [-0.3, -0.25) is 14.5 Å². The average molecular weight is 508 g/mol. The van der Waals surface area contributed by atoms with Gasteiger partial charge in [-0.05, 0) is 55.3 Å². The van der Waals surface area contributed by atoms with Gasteiger partial charge in [-0.2, -0.15) is 0 Å². The highest BCUT2D eigenvalue weighted by molar-refractivity contribution is 6.51. The number of aryl methyl sites for hydroxylation is 1. The second-order valence-electron chi connectivity index (χ2n) is 8.20. The monoisotopic (exact) mass is 507 g/mol. The van der Waals surface area contributed by atoms with Gasteiger partial charge in [0.05, 0.1) is 43.0 Å². The molecule has 1 heterocycles. The second kappa shape index (κ2) is 10.3. The number of benzene rings is 3. The van der Waals surface area contributed by atoms with Crippen LogP contribution in [0.15, 0.2) is 66.2 Å². The van der Waals surface area contributed by atoms with Gasteiger partial charge in [-0.1, -0.05) is 35.9 Å². The molecule has 0 aliphatic carbocycles. The number of carbonyl (C=O) groups excluding carboxylic acids is 2. The SMILES string of the molecule is CCOc1cccc(C2/C(=C(\O)c3cc(OC)c(Cl)cc3OC)C(=O)C(=O)N2c2cccc(C)c2)c1. The van der Waals surface area contributed by atoms with Gasteiger partial charge in [0.25, 0.3) is 11.7 Å². The summed E-state index contributed by atoms with van der Waals surface area (Å²) in [5, 5.41) is 11.8. The lowest BCUT2D eigenvalue weighted by molar-refractivity contribution is -0.132. The summed E-state index contributed by atoms with van der Waals surface area (Å²) in [5.41, 5.74) is 2.14. The molecule has 1 aliphatic heterocycles. The molecule has 1 aliphatic rings. The first-order valence-electron chi connectivity index (χ1n) is 11.3. The zero-order chi connectivity index (χ0) is 26.0. The smallest absolute Gasteiger partial charge is 0.300 e. The molecule has 0 radical (unpaired) electrons. The predicted molar refractivity (Wildman–Crippen MR) is 138 cm³/mol. The summed E-state index contributed by atoms with van der Waals surface area (Å²) in [6.45, 7) is 4.21. The highest BCUT2D eigenvalue weighted by Crippen LogP contribution is 2.45. The van der Waals surface area contributed by atoms with E-state index >= 15 is 0 Å². The van der Waals surface area contributed by atoms with Crippen LogP contribution in [-0.2, 0) is 9.59 Å². The van der Waals surface area contributed by atoms with E-state index in [1.54, 1.807) is 30.3 Å². The number of nitrogens with zero attached hydrogens (tertiary/aromatic N) is 1. The lowest BCUT2D eigenvalue weighted by Crippen LogP contribution is -2.29. The first kappa shape index (κ1) is 25.1. The molecular weight excluding hydrogens is 482 g/mol. The fourth-order valence-electron chi connectivity index (χ4n) is 4.32. The molecular formula is C28H26ClNO6. The number of ketones is 1. The van der Waals surface area contributed by atoms with Crippen molar-refractivity contribution in [2.24, 2.45) is 0 Å². The van der Waals surface area contributed by atoms with Gasteiger partial charge in [-0.15, -0.1) is 0 Å². The number of ether oxygens (including phenoxy) is 3. The van der Waals surface area contributed by atoms with Gasteiger partial charge in [-0.25, -0.2) is 0 Å². The number of halogens is 1. The van der Waals surface area contributed by atoms with Crippen LogP contribution in [0.2, 0.25) is 5.02 Å². The van der Waals surface area contributed by atoms with Crippen molar-refractivity contribution in [2.45, 2.75) is 19.9 Å². The zero-order valence-corrected chi connectivity index (χ0v) is 21.1.